The van der Waals surface area contributed by atoms with E-state index in [2.05, 4.69) is 46.2 Å². The van der Waals surface area contributed by atoms with Crippen LogP contribution in [0, 0.1) is 13.8 Å². The smallest absolute Gasteiger partial charge is 0.220 e. The summed E-state index contributed by atoms with van der Waals surface area (Å²) >= 11 is 1.73. The Morgan fingerprint density at radius 1 is 1.18 bits per heavy atom. The van der Waals surface area contributed by atoms with Crippen LogP contribution in [0.3, 0.4) is 0 Å². The monoisotopic (exact) mass is 394 g/mol. The largest absolute Gasteiger partial charge is 0.356 e. The topological polar surface area (TPSA) is 58.1 Å². The van der Waals surface area contributed by atoms with E-state index in [4.69, 9.17) is 0 Å². The first-order valence-electron chi connectivity index (χ1n) is 9.91. The lowest BCUT2D eigenvalue weighted by Gasteiger charge is -2.33. The van der Waals surface area contributed by atoms with E-state index in [1.807, 2.05) is 18.2 Å². The van der Waals surface area contributed by atoms with Crippen molar-refractivity contribution in [3.63, 3.8) is 0 Å². The molecular weight excluding hydrogens is 368 g/mol. The van der Waals surface area contributed by atoms with E-state index >= 15 is 0 Å². The van der Waals surface area contributed by atoms with Gasteiger partial charge in [-0.1, -0.05) is 30.3 Å². The maximum Gasteiger partial charge on any atom is 0.220 e. The number of hydrogen-bond acceptors (Lipinski definition) is 5. The molecule has 28 heavy (non-hydrogen) atoms. The van der Waals surface area contributed by atoms with E-state index in [1.54, 1.807) is 17.7 Å². The van der Waals surface area contributed by atoms with Crippen molar-refractivity contribution in [2.24, 2.45) is 0 Å². The number of hydrogen-bond donors (Lipinski definition) is 1. The Labute approximate surface area is 169 Å². The van der Waals surface area contributed by atoms with E-state index in [0.29, 0.717) is 6.42 Å². The fraction of sp³-hybridized carbons (Fsp3) is 0.409. The maximum atomic E-state index is 12.3. The van der Waals surface area contributed by atoms with Crippen molar-refractivity contribution < 1.29 is 4.79 Å². The van der Waals surface area contributed by atoms with Gasteiger partial charge >= 0.3 is 0 Å². The molecule has 0 atom stereocenters. The van der Waals surface area contributed by atoms with E-state index in [1.165, 1.54) is 21.4 Å². The molecule has 4 rings (SSSR count). The van der Waals surface area contributed by atoms with Crippen molar-refractivity contribution in [2.75, 3.05) is 18.0 Å². The van der Waals surface area contributed by atoms with Gasteiger partial charge in [0.2, 0.25) is 5.91 Å². The number of aryl methyl sites for hydroxylation is 3. The third-order valence-electron chi connectivity index (χ3n) is 5.59. The Morgan fingerprint density at radius 3 is 2.68 bits per heavy atom. The number of anilines is 1. The molecule has 1 aromatic carbocycles. The number of rotatable bonds is 5. The number of nitrogens with zero attached hydrogens (tertiary/aromatic N) is 3. The van der Waals surface area contributed by atoms with Crippen LogP contribution in [-0.4, -0.2) is 35.0 Å². The van der Waals surface area contributed by atoms with Gasteiger partial charge in [0.25, 0.3) is 0 Å². The molecule has 0 radical (unpaired) electrons. The fourth-order valence-corrected chi connectivity index (χ4v) is 4.83. The van der Waals surface area contributed by atoms with Gasteiger partial charge in [0.05, 0.1) is 5.39 Å². The lowest BCUT2D eigenvalue weighted by Crippen LogP contribution is -2.45. The standard InChI is InChI=1S/C22H26N4OS/c1-15-16(2)28-22-20(15)21(23-14-24-22)26-12-10-18(11-13-26)25-19(27)9-8-17-6-4-3-5-7-17/h3-7,14,18H,8-13H2,1-2H3,(H,25,27). The van der Waals surface area contributed by atoms with Crippen molar-refractivity contribution in [1.29, 1.82) is 0 Å². The van der Waals surface area contributed by atoms with Gasteiger partial charge in [-0.15, -0.1) is 11.3 Å². The molecule has 1 aliphatic heterocycles. The van der Waals surface area contributed by atoms with Gasteiger partial charge in [-0.25, -0.2) is 9.97 Å². The SMILES string of the molecule is Cc1sc2ncnc(N3CCC(NC(=O)CCc4ccccc4)CC3)c2c1C. The number of aromatic nitrogens is 2. The summed E-state index contributed by atoms with van der Waals surface area (Å²) in [6, 6.07) is 10.4. The molecule has 1 N–H and O–H groups in total. The Hall–Kier alpha value is -2.47. The number of fused-ring (bicyclic) bond motifs is 1. The van der Waals surface area contributed by atoms with E-state index in [9.17, 15) is 4.79 Å². The third kappa shape index (κ3) is 4.02. The summed E-state index contributed by atoms with van der Waals surface area (Å²) in [5.74, 6) is 1.19. The summed E-state index contributed by atoms with van der Waals surface area (Å²) < 4.78 is 0. The molecule has 3 heterocycles. The van der Waals surface area contributed by atoms with Crippen LogP contribution in [0.2, 0.25) is 0 Å². The summed E-state index contributed by atoms with van der Waals surface area (Å²) in [6.07, 6.45) is 4.91. The number of nitrogens with one attached hydrogen (secondary N) is 1. The molecule has 5 nitrogen and oxygen atoms in total. The van der Waals surface area contributed by atoms with Gasteiger partial charge in [-0.3, -0.25) is 4.79 Å². The zero-order valence-corrected chi connectivity index (χ0v) is 17.3. The summed E-state index contributed by atoms with van der Waals surface area (Å²) in [6.45, 7) is 6.11. The van der Waals surface area contributed by atoms with Crippen molar-refractivity contribution in [2.45, 2.75) is 45.6 Å². The van der Waals surface area contributed by atoms with Gasteiger partial charge in [-0.05, 0) is 44.2 Å². The first kappa shape index (κ1) is 18.9. The second kappa shape index (κ2) is 8.27. The number of piperidine rings is 1. The molecule has 0 saturated carbocycles. The number of thiophene rings is 1. The van der Waals surface area contributed by atoms with Gasteiger partial charge < -0.3 is 10.2 Å². The normalized spacial score (nSPS) is 15.1. The highest BCUT2D eigenvalue weighted by atomic mass is 32.1. The molecule has 2 aromatic heterocycles. The highest BCUT2D eigenvalue weighted by Gasteiger charge is 2.24. The molecule has 146 valence electrons. The van der Waals surface area contributed by atoms with Crippen LogP contribution in [0.25, 0.3) is 10.2 Å². The molecule has 0 aliphatic carbocycles. The number of benzene rings is 1. The maximum absolute atomic E-state index is 12.3. The van der Waals surface area contributed by atoms with Crippen LogP contribution < -0.4 is 10.2 Å². The molecular formula is C22H26N4OS. The van der Waals surface area contributed by atoms with Crippen molar-refractivity contribution >= 4 is 33.3 Å². The average Bonchev–Trinajstić information content (AvgIpc) is 3.02. The van der Waals surface area contributed by atoms with Gasteiger partial charge in [0.1, 0.15) is 17.0 Å². The van der Waals surface area contributed by atoms with Crippen LogP contribution in [-0.2, 0) is 11.2 Å². The van der Waals surface area contributed by atoms with Crippen molar-refractivity contribution in [3.8, 4) is 0 Å². The van der Waals surface area contributed by atoms with Crippen LogP contribution in [0.15, 0.2) is 36.7 Å². The predicted octanol–water partition coefficient (Wildman–Crippen LogP) is 4.03. The van der Waals surface area contributed by atoms with Crippen LogP contribution in [0.4, 0.5) is 5.82 Å². The predicted molar refractivity (Wildman–Crippen MR) is 115 cm³/mol. The van der Waals surface area contributed by atoms with Gasteiger partial charge in [0.15, 0.2) is 0 Å². The molecule has 1 fully saturated rings. The molecule has 6 heteroatoms. The lowest BCUT2D eigenvalue weighted by atomic mass is 10.0. The number of carbonyl (C=O) groups is 1. The van der Waals surface area contributed by atoms with Crippen molar-refractivity contribution in [1.82, 2.24) is 15.3 Å². The molecule has 0 unspecified atom stereocenters. The van der Waals surface area contributed by atoms with Gasteiger partial charge in [-0.2, -0.15) is 0 Å². The Bertz CT molecular complexity index is 961. The molecule has 0 bridgehead atoms. The van der Waals surface area contributed by atoms with Gasteiger partial charge in [0, 0.05) is 30.4 Å². The Balaban J connectivity index is 1.33. The first-order chi connectivity index (χ1) is 13.6. The summed E-state index contributed by atoms with van der Waals surface area (Å²) in [4.78, 5) is 26.1. The molecule has 0 spiro atoms. The summed E-state index contributed by atoms with van der Waals surface area (Å²) in [7, 11) is 0. The molecule has 1 saturated heterocycles. The average molecular weight is 395 g/mol. The highest BCUT2D eigenvalue weighted by Crippen LogP contribution is 2.35. The van der Waals surface area contributed by atoms with Crippen LogP contribution in [0.1, 0.15) is 35.3 Å². The minimum absolute atomic E-state index is 0.149. The Morgan fingerprint density at radius 2 is 1.93 bits per heavy atom. The Kier molecular flexibility index (Phi) is 5.57. The zero-order chi connectivity index (χ0) is 19.5. The minimum atomic E-state index is 0.149. The fourth-order valence-electron chi connectivity index (χ4n) is 3.84. The second-order valence-corrected chi connectivity index (χ2v) is 8.68. The second-order valence-electron chi connectivity index (χ2n) is 7.48. The quantitative estimate of drug-likeness (QED) is 0.710. The molecule has 3 aromatic rings. The first-order valence-corrected chi connectivity index (χ1v) is 10.7. The van der Waals surface area contributed by atoms with Crippen LogP contribution in [0.5, 0.6) is 0 Å². The van der Waals surface area contributed by atoms with E-state index < -0.39 is 0 Å². The van der Waals surface area contributed by atoms with E-state index in [-0.39, 0.29) is 11.9 Å². The van der Waals surface area contributed by atoms with E-state index in [0.717, 1.165) is 43.0 Å². The van der Waals surface area contributed by atoms with Crippen molar-refractivity contribution in [3.05, 3.63) is 52.7 Å². The zero-order valence-electron chi connectivity index (χ0n) is 16.4. The highest BCUT2D eigenvalue weighted by molar-refractivity contribution is 7.18. The lowest BCUT2D eigenvalue weighted by molar-refractivity contribution is -0.121. The third-order valence-corrected chi connectivity index (χ3v) is 6.70. The number of amides is 1. The molecule has 1 amide bonds. The summed E-state index contributed by atoms with van der Waals surface area (Å²) in [5, 5.41) is 4.41. The number of carbonyl (C=O) groups excluding carboxylic acids is 1. The minimum Gasteiger partial charge on any atom is -0.356 e. The summed E-state index contributed by atoms with van der Waals surface area (Å²) in [5.41, 5.74) is 2.49. The van der Waals surface area contributed by atoms with Crippen LogP contribution >= 0.6 is 11.3 Å². The molecule has 1 aliphatic rings.